The number of nitrogens with zero attached hydrogens (tertiary/aromatic N) is 3. The molecule has 3 aromatic rings. The number of nitriles is 1. The molecule has 0 saturated heterocycles. The number of phenols is 1. The highest BCUT2D eigenvalue weighted by Gasteiger charge is 2.20. The standard InChI is InChI=1S/C22H19BrN4O4/c1-13-20(22(30)27(26(13)2)16-7-5-4-6-8-16)25-21(29)15(12-24)9-14-10-19(31-3)18(28)11-17(14)23/h4-11,28H,1-3H3,(H,25,29). The summed E-state index contributed by atoms with van der Waals surface area (Å²) in [7, 11) is 3.10. The van der Waals surface area contributed by atoms with E-state index in [4.69, 9.17) is 4.74 Å². The predicted molar refractivity (Wildman–Crippen MR) is 120 cm³/mol. The van der Waals surface area contributed by atoms with Crippen molar-refractivity contribution in [1.29, 1.82) is 5.26 Å². The van der Waals surface area contributed by atoms with Crippen LogP contribution in [0.25, 0.3) is 11.8 Å². The first kappa shape index (κ1) is 21.9. The molecule has 2 N–H and O–H groups in total. The Morgan fingerprint density at radius 3 is 2.58 bits per heavy atom. The molecule has 1 aromatic heterocycles. The molecule has 0 bridgehead atoms. The Labute approximate surface area is 186 Å². The van der Waals surface area contributed by atoms with Crippen LogP contribution in [-0.2, 0) is 11.8 Å². The lowest BCUT2D eigenvalue weighted by molar-refractivity contribution is -0.112. The first-order valence-electron chi connectivity index (χ1n) is 9.12. The van der Waals surface area contributed by atoms with Gasteiger partial charge in [-0.3, -0.25) is 14.3 Å². The SMILES string of the molecule is COc1cc(C=C(C#N)C(=O)Nc2c(C)n(C)n(-c3ccccc3)c2=O)c(Br)cc1O. The number of anilines is 1. The zero-order valence-electron chi connectivity index (χ0n) is 17.0. The number of methoxy groups -OCH3 is 1. The van der Waals surface area contributed by atoms with Crippen LogP contribution in [0.5, 0.6) is 11.5 Å². The summed E-state index contributed by atoms with van der Waals surface area (Å²) in [5.74, 6) is -0.625. The minimum Gasteiger partial charge on any atom is -0.504 e. The van der Waals surface area contributed by atoms with Crippen LogP contribution in [0.2, 0.25) is 0 Å². The lowest BCUT2D eigenvalue weighted by Crippen LogP contribution is -2.23. The highest BCUT2D eigenvalue weighted by atomic mass is 79.9. The topological polar surface area (TPSA) is 109 Å². The van der Waals surface area contributed by atoms with E-state index in [1.54, 1.807) is 30.8 Å². The Bertz CT molecular complexity index is 1280. The summed E-state index contributed by atoms with van der Waals surface area (Å²) in [4.78, 5) is 25.8. The number of benzene rings is 2. The van der Waals surface area contributed by atoms with E-state index in [0.29, 0.717) is 21.4 Å². The second kappa shape index (κ2) is 8.93. The first-order chi connectivity index (χ1) is 14.8. The third kappa shape index (κ3) is 4.25. The van der Waals surface area contributed by atoms with Crippen LogP contribution in [0.15, 0.2) is 57.3 Å². The van der Waals surface area contributed by atoms with Gasteiger partial charge in [-0.2, -0.15) is 5.26 Å². The Morgan fingerprint density at radius 1 is 1.29 bits per heavy atom. The van der Waals surface area contributed by atoms with Crippen molar-refractivity contribution in [3.05, 3.63) is 74.1 Å². The average molecular weight is 483 g/mol. The molecular formula is C22H19BrN4O4. The van der Waals surface area contributed by atoms with E-state index in [0.717, 1.165) is 0 Å². The molecule has 9 heteroatoms. The number of rotatable bonds is 5. The molecule has 0 fully saturated rings. The van der Waals surface area contributed by atoms with Crippen LogP contribution in [0.4, 0.5) is 5.69 Å². The number of aromatic nitrogens is 2. The van der Waals surface area contributed by atoms with Crippen molar-refractivity contribution in [2.24, 2.45) is 7.05 Å². The largest absolute Gasteiger partial charge is 0.504 e. The summed E-state index contributed by atoms with van der Waals surface area (Å²) in [6.07, 6.45) is 1.34. The summed E-state index contributed by atoms with van der Waals surface area (Å²) < 4.78 is 8.60. The van der Waals surface area contributed by atoms with E-state index < -0.39 is 11.5 Å². The number of phenolic OH excluding ortho intramolecular Hbond substituents is 1. The van der Waals surface area contributed by atoms with Crippen LogP contribution in [0.1, 0.15) is 11.3 Å². The third-order valence-corrected chi connectivity index (χ3v) is 5.44. The van der Waals surface area contributed by atoms with E-state index in [2.05, 4.69) is 21.2 Å². The highest BCUT2D eigenvalue weighted by Crippen LogP contribution is 2.33. The molecule has 3 rings (SSSR count). The van der Waals surface area contributed by atoms with Crippen molar-refractivity contribution in [3.8, 4) is 23.3 Å². The molecule has 0 aliphatic carbocycles. The first-order valence-corrected chi connectivity index (χ1v) is 9.91. The van der Waals surface area contributed by atoms with Gasteiger partial charge in [0.1, 0.15) is 17.3 Å². The fourth-order valence-corrected chi connectivity index (χ4v) is 3.48. The molecule has 0 aliphatic heterocycles. The molecule has 0 saturated carbocycles. The molecule has 0 atom stereocenters. The molecular weight excluding hydrogens is 464 g/mol. The van der Waals surface area contributed by atoms with Gasteiger partial charge in [-0.1, -0.05) is 34.1 Å². The molecule has 31 heavy (non-hydrogen) atoms. The molecule has 0 unspecified atom stereocenters. The number of carbonyl (C=O) groups excluding carboxylic acids is 1. The smallest absolute Gasteiger partial charge is 0.295 e. The fraction of sp³-hybridized carbons (Fsp3) is 0.136. The van der Waals surface area contributed by atoms with Gasteiger partial charge < -0.3 is 15.2 Å². The van der Waals surface area contributed by atoms with Crippen LogP contribution in [-0.4, -0.2) is 27.5 Å². The average Bonchev–Trinajstić information content (AvgIpc) is 2.96. The maximum absolute atomic E-state index is 13.0. The fourth-order valence-electron chi connectivity index (χ4n) is 3.03. The maximum Gasteiger partial charge on any atom is 0.295 e. The second-order valence-corrected chi connectivity index (χ2v) is 7.46. The maximum atomic E-state index is 13.0. The number of nitrogens with one attached hydrogen (secondary N) is 1. The van der Waals surface area contributed by atoms with Crippen molar-refractivity contribution in [3.63, 3.8) is 0 Å². The van der Waals surface area contributed by atoms with E-state index in [9.17, 15) is 20.0 Å². The van der Waals surface area contributed by atoms with Crippen molar-refractivity contribution in [1.82, 2.24) is 9.36 Å². The van der Waals surface area contributed by atoms with Crippen LogP contribution in [0, 0.1) is 18.3 Å². The minimum absolute atomic E-state index is 0.0832. The Kier molecular flexibility index (Phi) is 6.32. The normalized spacial score (nSPS) is 11.1. The zero-order chi connectivity index (χ0) is 22.7. The zero-order valence-corrected chi connectivity index (χ0v) is 18.6. The summed E-state index contributed by atoms with van der Waals surface area (Å²) in [5.41, 5.74) is 1.08. The molecule has 1 amide bonds. The van der Waals surface area contributed by atoms with Crippen LogP contribution < -0.4 is 15.6 Å². The lowest BCUT2D eigenvalue weighted by atomic mass is 10.1. The number of hydrogen-bond donors (Lipinski definition) is 2. The molecule has 1 heterocycles. The Balaban J connectivity index is 1.99. The summed E-state index contributed by atoms with van der Waals surface area (Å²) >= 11 is 3.29. The Hall–Kier alpha value is -3.77. The molecule has 2 aromatic carbocycles. The number of amides is 1. The number of hydrogen-bond acceptors (Lipinski definition) is 5. The number of para-hydroxylation sites is 1. The van der Waals surface area contributed by atoms with E-state index in [1.807, 2.05) is 24.3 Å². The van der Waals surface area contributed by atoms with Crippen molar-refractivity contribution in [2.45, 2.75) is 6.92 Å². The van der Waals surface area contributed by atoms with Gasteiger partial charge in [0.15, 0.2) is 11.5 Å². The quantitative estimate of drug-likeness (QED) is 0.427. The molecule has 158 valence electrons. The van der Waals surface area contributed by atoms with Gasteiger partial charge in [0.05, 0.1) is 18.5 Å². The third-order valence-electron chi connectivity index (χ3n) is 4.76. The van der Waals surface area contributed by atoms with Crippen molar-refractivity contribution in [2.75, 3.05) is 12.4 Å². The van der Waals surface area contributed by atoms with Gasteiger partial charge in [0.2, 0.25) is 0 Å². The highest BCUT2D eigenvalue weighted by molar-refractivity contribution is 9.10. The molecule has 0 spiro atoms. The molecule has 8 nitrogen and oxygen atoms in total. The van der Waals surface area contributed by atoms with Gasteiger partial charge in [-0.05, 0) is 42.8 Å². The minimum atomic E-state index is -0.729. The number of halogens is 1. The van der Waals surface area contributed by atoms with Gasteiger partial charge in [0.25, 0.3) is 11.5 Å². The number of aromatic hydroxyl groups is 1. The predicted octanol–water partition coefficient (Wildman–Crippen LogP) is 3.51. The van der Waals surface area contributed by atoms with E-state index >= 15 is 0 Å². The number of carbonyl (C=O) groups is 1. The van der Waals surface area contributed by atoms with Crippen molar-refractivity contribution >= 4 is 33.6 Å². The molecule has 0 radical (unpaired) electrons. The van der Waals surface area contributed by atoms with E-state index in [1.165, 1.54) is 30.0 Å². The summed E-state index contributed by atoms with van der Waals surface area (Å²) in [5, 5.41) is 21.9. The monoisotopic (exact) mass is 482 g/mol. The van der Waals surface area contributed by atoms with Gasteiger partial charge in [-0.25, -0.2) is 4.68 Å². The van der Waals surface area contributed by atoms with Crippen LogP contribution in [0.3, 0.4) is 0 Å². The molecule has 0 aliphatic rings. The van der Waals surface area contributed by atoms with E-state index in [-0.39, 0.29) is 22.8 Å². The van der Waals surface area contributed by atoms with Gasteiger partial charge in [-0.15, -0.1) is 0 Å². The summed E-state index contributed by atoms with van der Waals surface area (Å²) in [6.45, 7) is 1.70. The summed E-state index contributed by atoms with van der Waals surface area (Å²) in [6, 6.07) is 13.8. The van der Waals surface area contributed by atoms with Gasteiger partial charge in [0, 0.05) is 11.5 Å². The van der Waals surface area contributed by atoms with Crippen molar-refractivity contribution < 1.29 is 14.6 Å². The number of ether oxygens (including phenoxy) is 1. The lowest BCUT2D eigenvalue weighted by Gasteiger charge is -2.08. The van der Waals surface area contributed by atoms with Gasteiger partial charge >= 0.3 is 0 Å². The van der Waals surface area contributed by atoms with Crippen LogP contribution >= 0.6 is 15.9 Å². The Morgan fingerprint density at radius 2 is 1.97 bits per heavy atom. The second-order valence-electron chi connectivity index (χ2n) is 6.61.